The number of nitrogens with one attached hydrogen (secondary N) is 4. The van der Waals surface area contributed by atoms with Crippen LogP contribution in [0, 0.1) is 23.7 Å². The van der Waals surface area contributed by atoms with Gasteiger partial charge in [-0.25, -0.2) is 0 Å². The highest BCUT2D eigenvalue weighted by molar-refractivity contribution is 6.00. The number of hydrogen-bond acceptors (Lipinski definition) is 15. The van der Waals surface area contributed by atoms with E-state index in [0.29, 0.717) is 37.1 Å². The van der Waals surface area contributed by atoms with Crippen LogP contribution in [-0.4, -0.2) is 275 Å². The van der Waals surface area contributed by atoms with Crippen LogP contribution in [0.3, 0.4) is 0 Å². The highest BCUT2D eigenvalue weighted by Crippen LogP contribution is 2.29. The molecular weight excluding hydrogens is 1330 g/mol. The summed E-state index contributed by atoms with van der Waals surface area (Å²) in [7, 11) is 8.39. The van der Waals surface area contributed by atoms with Crippen LogP contribution in [0.2, 0.25) is 0 Å². The van der Waals surface area contributed by atoms with Crippen LogP contribution in [0.1, 0.15) is 159 Å². The number of benzene rings is 2. The first-order valence-electron chi connectivity index (χ1n) is 37.1. The first kappa shape index (κ1) is 86.6. The van der Waals surface area contributed by atoms with E-state index in [1.54, 1.807) is 107 Å². The molecule has 2 aromatic carbocycles. The molecule has 0 unspecified atom stereocenters. The summed E-state index contributed by atoms with van der Waals surface area (Å²) in [6.45, 7) is 24.8. The zero-order valence-electron chi connectivity index (χ0n) is 65.4. The molecule has 3 fully saturated rings. The lowest BCUT2D eigenvalue weighted by molar-refractivity contribution is -0.154. The predicted octanol–water partition coefficient (Wildman–Crippen LogP) is 3.81. The number of carbonyl (C=O) groups excluding carboxylic acids is 12. The van der Waals surface area contributed by atoms with Crippen molar-refractivity contribution in [1.82, 2.24) is 60.5 Å². The summed E-state index contributed by atoms with van der Waals surface area (Å²) in [4.78, 5) is 193. The van der Waals surface area contributed by atoms with Gasteiger partial charge in [0.05, 0.1) is 30.8 Å². The molecule has 0 saturated carbocycles. The van der Waals surface area contributed by atoms with Crippen LogP contribution < -0.4 is 21.3 Å². The fourth-order valence-electron chi connectivity index (χ4n) is 14.0. The van der Waals surface area contributed by atoms with Crippen molar-refractivity contribution in [1.29, 1.82) is 0 Å². The van der Waals surface area contributed by atoms with Gasteiger partial charge in [-0.1, -0.05) is 116 Å². The largest absolute Gasteiger partial charge is 0.391 e. The van der Waals surface area contributed by atoms with Gasteiger partial charge in [-0.15, -0.1) is 0 Å². The molecule has 12 amide bonds. The molecule has 0 radical (unpaired) electrons. The SMILES string of the molecule is CCO[C@@H]1C[C@H]2C(=O)N(C)[C@@H](CC(C)C)C(=O)N[C@@H]([C@@H](C)O)C(=O)N(C)[C@@H](Cc3ccccc3)C(=O)N[C@@H](Cc3ccccc3)C(=O)N(C)[C@@H](CC(C)C)C(=O)N(C)[C@H](C(=O)N3CCCCC3)CC(=O)N[C@@H](C)C(=O)N(C)[C@@H](C(C)C)C(=O)N[C@@H](COC(C)(C)C)C(=O)N(C)[C@@H](CC(C)C)C(=O)N2C1. The van der Waals surface area contributed by atoms with Crippen molar-refractivity contribution in [3.05, 3.63) is 71.8 Å². The number of fused-ring (bicyclic) bond motifs is 1. The average molecular weight is 1460 g/mol. The first-order chi connectivity index (χ1) is 48.7. The van der Waals surface area contributed by atoms with Crippen LogP contribution in [0.25, 0.3) is 0 Å². The summed E-state index contributed by atoms with van der Waals surface area (Å²) in [6, 6.07) is 2.42. The zero-order chi connectivity index (χ0) is 77.9. The smallest absolute Gasteiger partial charge is 0.248 e. The minimum absolute atomic E-state index is 0.000470. The summed E-state index contributed by atoms with van der Waals surface area (Å²) in [6.07, 6.45) is -0.753. The Balaban J connectivity index is 1.73. The third kappa shape index (κ3) is 23.7. The highest BCUT2D eigenvalue weighted by atomic mass is 16.5. The van der Waals surface area contributed by atoms with Gasteiger partial charge in [0.25, 0.3) is 0 Å². The maximum atomic E-state index is 15.6. The number of amides is 12. The highest BCUT2D eigenvalue weighted by Gasteiger charge is 2.49. The monoisotopic (exact) mass is 1450 g/mol. The van der Waals surface area contributed by atoms with E-state index in [4.69, 9.17) is 9.47 Å². The van der Waals surface area contributed by atoms with Crippen molar-refractivity contribution >= 4 is 70.9 Å². The molecule has 0 bridgehead atoms. The van der Waals surface area contributed by atoms with E-state index in [2.05, 4.69) is 21.3 Å². The second-order valence-electron chi connectivity index (χ2n) is 31.2. The number of carbonyl (C=O) groups is 12. The summed E-state index contributed by atoms with van der Waals surface area (Å²) >= 11 is 0. The molecule has 27 heteroatoms. The average Bonchev–Trinajstić information content (AvgIpc) is 1.57. The van der Waals surface area contributed by atoms with Gasteiger partial charge in [0.2, 0.25) is 70.9 Å². The van der Waals surface area contributed by atoms with Crippen molar-refractivity contribution in [2.45, 2.75) is 245 Å². The van der Waals surface area contributed by atoms with Crippen LogP contribution in [0.4, 0.5) is 0 Å². The number of likely N-dealkylation sites (tertiary alicyclic amines) is 1. The second kappa shape index (κ2) is 39.4. The lowest BCUT2D eigenvalue weighted by atomic mass is 9.97. The summed E-state index contributed by atoms with van der Waals surface area (Å²) in [5, 5.41) is 22.9. The molecule has 580 valence electrons. The lowest BCUT2D eigenvalue weighted by Gasteiger charge is -2.39. The molecule has 2 aromatic rings. The van der Waals surface area contributed by atoms with E-state index in [1.165, 1.54) is 80.6 Å². The van der Waals surface area contributed by atoms with E-state index in [9.17, 15) is 24.3 Å². The Bertz CT molecular complexity index is 3250. The second-order valence-corrected chi connectivity index (χ2v) is 31.2. The molecule has 104 heavy (non-hydrogen) atoms. The fourth-order valence-corrected chi connectivity index (χ4v) is 14.0. The molecular formula is C77H122N12O15. The molecule has 0 aromatic heterocycles. The lowest BCUT2D eigenvalue weighted by Crippen LogP contribution is -2.63. The van der Waals surface area contributed by atoms with E-state index < -0.39 is 167 Å². The maximum Gasteiger partial charge on any atom is 0.248 e. The quantitative estimate of drug-likeness (QED) is 0.150. The van der Waals surface area contributed by atoms with E-state index in [0.717, 1.165) is 16.2 Å². The minimum Gasteiger partial charge on any atom is -0.391 e. The van der Waals surface area contributed by atoms with Crippen molar-refractivity contribution < 1.29 is 72.1 Å². The van der Waals surface area contributed by atoms with Crippen LogP contribution in [0.5, 0.6) is 0 Å². The summed E-state index contributed by atoms with van der Waals surface area (Å²) < 4.78 is 12.3. The Labute approximate surface area is 616 Å². The molecule has 5 N–H and O–H groups in total. The van der Waals surface area contributed by atoms with Crippen molar-refractivity contribution in [2.75, 3.05) is 75.1 Å². The van der Waals surface area contributed by atoms with E-state index in [1.807, 2.05) is 41.5 Å². The van der Waals surface area contributed by atoms with Gasteiger partial charge in [0.1, 0.15) is 66.5 Å². The van der Waals surface area contributed by atoms with Gasteiger partial charge in [0.15, 0.2) is 0 Å². The number of nitrogens with zero attached hydrogens (tertiary/aromatic N) is 8. The molecule has 27 nitrogen and oxygen atoms in total. The van der Waals surface area contributed by atoms with E-state index >= 15 is 38.4 Å². The van der Waals surface area contributed by atoms with Gasteiger partial charge in [0, 0.05) is 87.8 Å². The Hall–Kier alpha value is -8.04. The number of aliphatic hydroxyl groups is 1. The van der Waals surface area contributed by atoms with Gasteiger partial charge in [-0.3, -0.25) is 57.5 Å². The third-order valence-corrected chi connectivity index (χ3v) is 19.8. The summed E-state index contributed by atoms with van der Waals surface area (Å²) in [5.74, 6) is -10.1. The molecule has 3 heterocycles. The third-order valence-electron chi connectivity index (χ3n) is 19.8. The van der Waals surface area contributed by atoms with Crippen molar-refractivity contribution in [2.24, 2.45) is 23.7 Å². The van der Waals surface area contributed by atoms with Gasteiger partial charge in [-0.2, -0.15) is 0 Å². The van der Waals surface area contributed by atoms with Crippen LogP contribution in [0.15, 0.2) is 60.7 Å². The predicted molar refractivity (Wildman–Crippen MR) is 394 cm³/mol. The maximum absolute atomic E-state index is 15.6. The Morgan fingerprint density at radius 3 is 1.53 bits per heavy atom. The molecule has 0 spiro atoms. The summed E-state index contributed by atoms with van der Waals surface area (Å²) in [5.41, 5.74) is 0.370. The Kier molecular flexibility index (Phi) is 32.8. The molecule has 0 aliphatic carbocycles. The molecule has 3 aliphatic rings. The number of aliphatic hydroxyl groups excluding tert-OH is 1. The van der Waals surface area contributed by atoms with Crippen LogP contribution in [-0.2, 0) is 79.8 Å². The standard InChI is InChI=1S/C77H122N12O15/c1-21-103-54-42-62-73(99)82(15)57(37-46(2)3)67(93)81-64(51(11)90)76(102)83(16)58(41-53-33-27-23-28-34-53)66(92)79-55(40-52-31-25-22-26-32-52)70(96)84(17)59(38-47(4)5)72(98)86(19)61(74(100)88-35-29-24-30-36-88)43-63(91)78-50(10)69(95)87(20)65(49(8)9)68(94)80-56(45-104-77(12,13)14)71(97)85(18)60(39-48(6)7)75(101)89(62)44-54/h22-23,25-28,31-34,46-51,54-62,64-65,90H,21,24,29-30,35-45H2,1-20H3,(H,78,91)(H,79,92)(H,80,94)(H,81,93)/t50-,51+,54+,55-,56-,57-,58-,59-,60-,61-,62-,64-,65-/m0/s1. The van der Waals surface area contributed by atoms with Crippen molar-refractivity contribution in [3.8, 4) is 0 Å². The van der Waals surface area contributed by atoms with Gasteiger partial charge in [-0.05, 0) is 115 Å². The number of ether oxygens (including phenoxy) is 2. The minimum atomic E-state index is -1.73. The van der Waals surface area contributed by atoms with E-state index in [-0.39, 0.29) is 76.0 Å². The van der Waals surface area contributed by atoms with Gasteiger partial charge < -0.3 is 75.0 Å². The Morgan fingerprint density at radius 2 is 1.02 bits per heavy atom. The Morgan fingerprint density at radius 1 is 0.538 bits per heavy atom. The fraction of sp³-hybridized carbons (Fsp3) is 0.688. The first-order valence-corrected chi connectivity index (χ1v) is 37.1. The number of hydrogen-bond donors (Lipinski definition) is 5. The number of rotatable bonds is 17. The van der Waals surface area contributed by atoms with Gasteiger partial charge >= 0.3 is 0 Å². The van der Waals surface area contributed by atoms with Crippen LogP contribution >= 0.6 is 0 Å². The zero-order valence-corrected chi connectivity index (χ0v) is 65.4. The molecule has 13 atom stereocenters. The number of likely N-dealkylation sites (N-methyl/N-ethyl adjacent to an activating group) is 6. The topological polar surface area (TPSA) is 318 Å². The number of piperidine rings is 1. The molecule has 3 aliphatic heterocycles. The van der Waals surface area contributed by atoms with Crippen molar-refractivity contribution in [3.63, 3.8) is 0 Å². The molecule has 3 saturated heterocycles. The molecule has 5 rings (SSSR count). The normalized spacial score (nSPS) is 26.7.